The molecule has 0 fully saturated rings. The summed E-state index contributed by atoms with van der Waals surface area (Å²) in [6.45, 7) is 2.54. The Hall–Kier alpha value is -1.82. The van der Waals surface area contributed by atoms with E-state index >= 15 is 0 Å². The molecule has 0 aliphatic carbocycles. The van der Waals surface area contributed by atoms with Crippen LogP contribution in [0.25, 0.3) is 0 Å². The first-order chi connectivity index (χ1) is 8.70. The van der Waals surface area contributed by atoms with Gasteiger partial charge in [-0.15, -0.1) is 5.10 Å². The molecule has 6 heteroatoms. The number of hydrogen-bond acceptors (Lipinski definition) is 5. The van der Waals surface area contributed by atoms with Crippen LogP contribution in [0.15, 0.2) is 35.5 Å². The number of nitrogen functional groups attached to an aromatic ring is 1. The number of nitrogens with two attached hydrogens (primary N) is 1. The highest BCUT2D eigenvalue weighted by atomic mass is 32.2. The molecule has 0 aliphatic heterocycles. The number of aromatic nitrogens is 3. The second-order valence-electron chi connectivity index (χ2n) is 3.72. The van der Waals surface area contributed by atoms with Gasteiger partial charge in [0.15, 0.2) is 11.3 Å². The minimum Gasteiger partial charge on any atom is -0.380 e. The topological polar surface area (TPSA) is 80.6 Å². The number of nitrogens with one attached hydrogen (secondary N) is 1. The van der Waals surface area contributed by atoms with Gasteiger partial charge in [0.1, 0.15) is 0 Å². The standard InChI is InChI=1S/C12H15N5S/c1-2-17-11(14)10(13)15-12(16-17)18-8-9-6-4-3-5-7-9/h3-7,14H,2,8H2,1H3,(H2,13,15,16). The fraction of sp³-hybridized carbons (Fsp3) is 0.250. The molecular formula is C12H15N5S. The molecule has 0 saturated heterocycles. The smallest absolute Gasteiger partial charge is 0.209 e. The molecule has 5 nitrogen and oxygen atoms in total. The predicted octanol–water partition coefficient (Wildman–Crippen LogP) is 1.65. The highest BCUT2D eigenvalue weighted by molar-refractivity contribution is 7.98. The Balaban J connectivity index is 2.15. The van der Waals surface area contributed by atoms with Gasteiger partial charge < -0.3 is 5.73 Å². The lowest BCUT2D eigenvalue weighted by molar-refractivity contribution is 0.555. The molecule has 2 rings (SSSR count). The number of anilines is 1. The van der Waals surface area contributed by atoms with E-state index in [9.17, 15) is 0 Å². The van der Waals surface area contributed by atoms with E-state index in [1.807, 2.05) is 25.1 Å². The lowest BCUT2D eigenvalue weighted by Gasteiger charge is -2.06. The Kier molecular flexibility index (Phi) is 3.99. The number of aryl methyl sites for hydroxylation is 1. The van der Waals surface area contributed by atoms with Crippen molar-refractivity contribution in [3.8, 4) is 0 Å². The molecule has 0 unspecified atom stereocenters. The molecule has 1 heterocycles. The van der Waals surface area contributed by atoms with Crippen molar-refractivity contribution in [3.05, 3.63) is 41.4 Å². The summed E-state index contributed by atoms with van der Waals surface area (Å²) < 4.78 is 1.55. The Labute approximate surface area is 110 Å². The molecule has 0 aliphatic rings. The third kappa shape index (κ3) is 2.89. The number of benzene rings is 1. The first kappa shape index (κ1) is 12.6. The van der Waals surface area contributed by atoms with E-state index in [4.69, 9.17) is 11.1 Å². The van der Waals surface area contributed by atoms with Gasteiger partial charge in [0.05, 0.1) is 0 Å². The van der Waals surface area contributed by atoms with Crippen LogP contribution in [0.2, 0.25) is 0 Å². The maximum Gasteiger partial charge on any atom is 0.209 e. The number of hydrogen-bond donors (Lipinski definition) is 2. The zero-order valence-corrected chi connectivity index (χ0v) is 10.9. The molecule has 2 aromatic rings. The average Bonchev–Trinajstić information content (AvgIpc) is 2.41. The van der Waals surface area contributed by atoms with E-state index in [-0.39, 0.29) is 11.3 Å². The molecule has 94 valence electrons. The maximum absolute atomic E-state index is 7.69. The summed E-state index contributed by atoms with van der Waals surface area (Å²) in [6.07, 6.45) is 0. The molecule has 0 spiro atoms. The van der Waals surface area contributed by atoms with Gasteiger partial charge in [-0.1, -0.05) is 42.1 Å². The van der Waals surface area contributed by atoms with Crippen LogP contribution in [-0.2, 0) is 12.3 Å². The van der Waals surface area contributed by atoms with Crippen LogP contribution in [0.1, 0.15) is 12.5 Å². The lowest BCUT2D eigenvalue weighted by Crippen LogP contribution is -2.26. The van der Waals surface area contributed by atoms with Gasteiger partial charge in [-0.25, -0.2) is 9.67 Å². The molecule has 0 bridgehead atoms. The van der Waals surface area contributed by atoms with E-state index in [1.165, 1.54) is 17.3 Å². The van der Waals surface area contributed by atoms with Gasteiger partial charge in [0.25, 0.3) is 0 Å². The van der Waals surface area contributed by atoms with Crippen molar-refractivity contribution in [1.29, 1.82) is 5.41 Å². The van der Waals surface area contributed by atoms with Crippen LogP contribution in [0.5, 0.6) is 0 Å². The molecule has 18 heavy (non-hydrogen) atoms. The molecule has 0 radical (unpaired) electrons. The third-order valence-corrected chi connectivity index (χ3v) is 3.34. The van der Waals surface area contributed by atoms with E-state index in [0.29, 0.717) is 11.7 Å². The molecule has 0 amide bonds. The van der Waals surface area contributed by atoms with E-state index in [1.54, 1.807) is 4.68 Å². The highest BCUT2D eigenvalue weighted by Crippen LogP contribution is 2.18. The summed E-state index contributed by atoms with van der Waals surface area (Å²) in [7, 11) is 0. The highest BCUT2D eigenvalue weighted by Gasteiger charge is 2.04. The monoisotopic (exact) mass is 261 g/mol. The summed E-state index contributed by atoms with van der Waals surface area (Å²) >= 11 is 1.52. The Morgan fingerprint density at radius 1 is 1.33 bits per heavy atom. The van der Waals surface area contributed by atoms with Crippen LogP contribution in [0, 0.1) is 5.41 Å². The lowest BCUT2D eigenvalue weighted by atomic mass is 10.2. The van der Waals surface area contributed by atoms with Crippen molar-refractivity contribution in [2.45, 2.75) is 24.4 Å². The summed E-state index contributed by atoms with van der Waals surface area (Å²) in [6, 6.07) is 10.1. The Morgan fingerprint density at radius 2 is 2.06 bits per heavy atom. The Morgan fingerprint density at radius 3 is 2.72 bits per heavy atom. The van der Waals surface area contributed by atoms with Gasteiger partial charge in [-0.2, -0.15) is 0 Å². The number of rotatable bonds is 4. The average molecular weight is 261 g/mol. The molecule has 3 N–H and O–H groups in total. The summed E-state index contributed by atoms with van der Waals surface area (Å²) in [4.78, 5) is 4.12. The van der Waals surface area contributed by atoms with Gasteiger partial charge in [0, 0.05) is 12.3 Å². The fourth-order valence-electron chi connectivity index (χ4n) is 1.48. The normalized spacial score (nSPS) is 10.5. The quantitative estimate of drug-likeness (QED) is 0.820. The number of nitrogens with zero attached hydrogens (tertiary/aromatic N) is 3. The van der Waals surface area contributed by atoms with Crippen LogP contribution < -0.4 is 11.2 Å². The summed E-state index contributed by atoms with van der Waals surface area (Å²) in [5, 5.41) is 12.6. The Bertz CT molecular complexity index is 579. The molecule has 0 atom stereocenters. The van der Waals surface area contributed by atoms with Gasteiger partial charge >= 0.3 is 0 Å². The molecule has 0 saturated carbocycles. The zero-order valence-electron chi connectivity index (χ0n) is 10.1. The van der Waals surface area contributed by atoms with Gasteiger partial charge in [-0.3, -0.25) is 5.41 Å². The predicted molar refractivity (Wildman–Crippen MR) is 72.0 cm³/mol. The van der Waals surface area contributed by atoms with Crippen molar-refractivity contribution < 1.29 is 0 Å². The van der Waals surface area contributed by atoms with Crippen molar-refractivity contribution >= 4 is 17.6 Å². The summed E-state index contributed by atoms with van der Waals surface area (Å²) in [5.41, 5.74) is 7.07. The van der Waals surface area contributed by atoms with Gasteiger partial charge in [-0.05, 0) is 12.5 Å². The zero-order chi connectivity index (χ0) is 13.0. The third-order valence-electron chi connectivity index (χ3n) is 2.43. The molecular weight excluding hydrogens is 246 g/mol. The summed E-state index contributed by atoms with van der Waals surface area (Å²) in [5.74, 6) is 1.02. The van der Waals surface area contributed by atoms with Gasteiger partial charge in [0.2, 0.25) is 5.16 Å². The van der Waals surface area contributed by atoms with E-state index in [0.717, 1.165) is 5.75 Å². The van der Waals surface area contributed by atoms with E-state index < -0.39 is 0 Å². The van der Waals surface area contributed by atoms with E-state index in [2.05, 4.69) is 22.2 Å². The first-order valence-electron chi connectivity index (χ1n) is 5.66. The van der Waals surface area contributed by atoms with Crippen LogP contribution in [0.3, 0.4) is 0 Å². The number of thioether (sulfide) groups is 1. The maximum atomic E-state index is 7.69. The second-order valence-corrected chi connectivity index (χ2v) is 4.66. The minimum absolute atomic E-state index is 0.168. The SMILES string of the molecule is CCn1nc(SCc2ccccc2)nc(N)c1=N. The van der Waals surface area contributed by atoms with Crippen molar-refractivity contribution in [2.75, 3.05) is 5.73 Å². The van der Waals surface area contributed by atoms with Crippen LogP contribution in [0.4, 0.5) is 5.82 Å². The molecule has 1 aromatic carbocycles. The fourth-order valence-corrected chi connectivity index (χ4v) is 2.28. The van der Waals surface area contributed by atoms with Crippen molar-refractivity contribution in [2.24, 2.45) is 0 Å². The largest absolute Gasteiger partial charge is 0.380 e. The van der Waals surface area contributed by atoms with Crippen molar-refractivity contribution in [3.63, 3.8) is 0 Å². The van der Waals surface area contributed by atoms with Crippen LogP contribution >= 0.6 is 11.8 Å². The van der Waals surface area contributed by atoms with Crippen molar-refractivity contribution in [1.82, 2.24) is 14.8 Å². The first-order valence-corrected chi connectivity index (χ1v) is 6.65. The second kappa shape index (κ2) is 5.68. The van der Waals surface area contributed by atoms with Crippen LogP contribution in [-0.4, -0.2) is 14.8 Å². The minimum atomic E-state index is 0.168. The molecule has 1 aromatic heterocycles.